The summed E-state index contributed by atoms with van der Waals surface area (Å²) in [6.45, 7) is 5.75. The molecule has 1 amide bonds. The Morgan fingerprint density at radius 2 is 1.88 bits per heavy atom. The van der Waals surface area contributed by atoms with Crippen LogP contribution in [0.1, 0.15) is 34.5 Å². The normalized spacial score (nSPS) is 11.6. The molecule has 26 heavy (non-hydrogen) atoms. The monoisotopic (exact) mass is 373 g/mol. The van der Waals surface area contributed by atoms with Crippen LogP contribution in [0.5, 0.6) is 11.5 Å². The quantitative estimate of drug-likeness (QED) is 0.646. The first kappa shape index (κ1) is 19.9. The number of hydrogen-bond acceptors (Lipinski definition) is 3. The van der Waals surface area contributed by atoms with Crippen molar-refractivity contribution in [2.75, 3.05) is 21.3 Å². The Kier molecular flexibility index (Phi) is 6.70. The molecule has 0 saturated carbocycles. The van der Waals surface area contributed by atoms with Crippen molar-refractivity contribution in [2.45, 2.75) is 19.4 Å². The van der Waals surface area contributed by atoms with Crippen LogP contribution < -0.4 is 9.47 Å². The number of amides is 1. The Morgan fingerprint density at radius 3 is 2.42 bits per heavy atom. The van der Waals surface area contributed by atoms with Crippen LogP contribution in [0.4, 0.5) is 0 Å². The van der Waals surface area contributed by atoms with Gasteiger partial charge in [-0.3, -0.25) is 4.79 Å². The first-order valence-corrected chi connectivity index (χ1v) is 8.69. The summed E-state index contributed by atoms with van der Waals surface area (Å²) < 4.78 is 10.8. The van der Waals surface area contributed by atoms with Crippen molar-refractivity contribution in [3.8, 4) is 11.5 Å². The standard InChI is InChI=1S/C21H24ClNO3/c1-6-7-16-12-17(13-19(25-4)20(16)26-5)21(24)23(3)14(2)15-8-10-18(22)11-9-15/h6,8-14H,1,7H2,2-5H3/t14-/m1/s1. The van der Waals surface area contributed by atoms with Crippen molar-refractivity contribution in [1.82, 2.24) is 4.90 Å². The lowest BCUT2D eigenvalue weighted by Crippen LogP contribution is -2.29. The van der Waals surface area contributed by atoms with E-state index >= 15 is 0 Å². The lowest BCUT2D eigenvalue weighted by molar-refractivity contribution is 0.0742. The molecule has 0 saturated heterocycles. The third kappa shape index (κ3) is 4.20. The molecule has 0 heterocycles. The number of allylic oxidation sites excluding steroid dienone is 1. The maximum absolute atomic E-state index is 13.0. The summed E-state index contributed by atoms with van der Waals surface area (Å²) in [6.07, 6.45) is 2.35. The van der Waals surface area contributed by atoms with Gasteiger partial charge in [0.2, 0.25) is 0 Å². The molecule has 5 heteroatoms. The Morgan fingerprint density at radius 1 is 1.23 bits per heavy atom. The molecule has 0 fully saturated rings. The Labute approximate surface area is 160 Å². The predicted octanol–water partition coefficient (Wildman–Crippen LogP) is 4.92. The van der Waals surface area contributed by atoms with Crippen LogP contribution in [-0.2, 0) is 6.42 Å². The molecule has 0 bridgehead atoms. The fraction of sp³-hybridized carbons (Fsp3) is 0.286. The number of methoxy groups -OCH3 is 2. The van der Waals surface area contributed by atoms with Crippen LogP contribution >= 0.6 is 11.6 Å². The smallest absolute Gasteiger partial charge is 0.254 e. The number of ether oxygens (including phenoxy) is 2. The van der Waals surface area contributed by atoms with Gasteiger partial charge < -0.3 is 14.4 Å². The molecule has 0 unspecified atom stereocenters. The summed E-state index contributed by atoms with van der Waals surface area (Å²) in [5, 5.41) is 0.670. The second-order valence-corrected chi connectivity index (χ2v) is 6.44. The van der Waals surface area contributed by atoms with Crippen LogP contribution in [0, 0.1) is 0 Å². The van der Waals surface area contributed by atoms with Gasteiger partial charge in [0.25, 0.3) is 5.91 Å². The Bertz CT molecular complexity index is 787. The van der Waals surface area contributed by atoms with Crippen molar-refractivity contribution in [1.29, 1.82) is 0 Å². The van der Waals surface area contributed by atoms with Crippen molar-refractivity contribution in [3.05, 3.63) is 70.8 Å². The Balaban J connectivity index is 2.36. The van der Waals surface area contributed by atoms with Crippen LogP contribution in [-0.4, -0.2) is 32.1 Å². The van der Waals surface area contributed by atoms with Gasteiger partial charge in [0.05, 0.1) is 20.3 Å². The zero-order valence-corrected chi connectivity index (χ0v) is 16.3. The fourth-order valence-corrected chi connectivity index (χ4v) is 2.94. The molecule has 2 aromatic carbocycles. The van der Waals surface area contributed by atoms with Crippen LogP contribution in [0.2, 0.25) is 5.02 Å². The van der Waals surface area contributed by atoms with E-state index in [1.165, 1.54) is 0 Å². The highest BCUT2D eigenvalue weighted by Gasteiger charge is 2.22. The second-order valence-electron chi connectivity index (χ2n) is 6.01. The average molecular weight is 374 g/mol. The largest absolute Gasteiger partial charge is 0.493 e. The maximum Gasteiger partial charge on any atom is 0.254 e. The zero-order chi connectivity index (χ0) is 19.3. The predicted molar refractivity (Wildman–Crippen MR) is 105 cm³/mol. The molecule has 0 aromatic heterocycles. The highest BCUT2D eigenvalue weighted by Crippen LogP contribution is 2.34. The molecule has 0 radical (unpaired) electrons. The van der Waals surface area contributed by atoms with Crippen molar-refractivity contribution in [3.63, 3.8) is 0 Å². The van der Waals surface area contributed by atoms with Crippen LogP contribution in [0.25, 0.3) is 0 Å². The molecule has 4 nitrogen and oxygen atoms in total. The van der Waals surface area contributed by atoms with Gasteiger partial charge in [0, 0.05) is 23.2 Å². The van der Waals surface area contributed by atoms with E-state index in [9.17, 15) is 4.79 Å². The fourth-order valence-electron chi connectivity index (χ4n) is 2.82. The molecular formula is C21H24ClNO3. The minimum Gasteiger partial charge on any atom is -0.493 e. The summed E-state index contributed by atoms with van der Waals surface area (Å²) in [6, 6.07) is 10.9. The van der Waals surface area contributed by atoms with E-state index in [4.69, 9.17) is 21.1 Å². The third-order valence-corrected chi connectivity index (χ3v) is 4.67. The lowest BCUT2D eigenvalue weighted by Gasteiger charge is -2.26. The van der Waals surface area contributed by atoms with E-state index in [-0.39, 0.29) is 11.9 Å². The lowest BCUT2D eigenvalue weighted by atomic mass is 10.0. The summed E-state index contributed by atoms with van der Waals surface area (Å²) in [4.78, 5) is 14.7. The van der Waals surface area contributed by atoms with Crippen LogP contribution in [0.15, 0.2) is 49.1 Å². The third-order valence-electron chi connectivity index (χ3n) is 4.42. The number of rotatable bonds is 7. The van der Waals surface area contributed by atoms with Gasteiger partial charge in [0.1, 0.15) is 0 Å². The number of hydrogen-bond donors (Lipinski definition) is 0. The van der Waals surface area contributed by atoms with Gasteiger partial charge in [-0.2, -0.15) is 0 Å². The summed E-state index contributed by atoms with van der Waals surface area (Å²) in [5.41, 5.74) is 2.41. The number of benzene rings is 2. The Hall–Kier alpha value is -2.46. The average Bonchev–Trinajstić information content (AvgIpc) is 2.66. The van der Waals surface area contributed by atoms with Crippen molar-refractivity contribution < 1.29 is 14.3 Å². The molecule has 0 N–H and O–H groups in total. The van der Waals surface area contributed by atoms with E-state index in [1.54, 1.807) is 38.3 Å². The topological polar surface area (TPSA) is 38.8 Å². The zero-order valence-electron chi connectivity index (χ0n) is 15.6. The summed E-state index contributed by atoms with van der Waals surface area (Å²) >= 11 is 5.95. The number of nitrogens with zero attached hydrogens (tertiary/aromatic N) is 1. The van der Waals surface area contributed by atoms with E-state index in [0.29, 0.717) is 28.5 Å². The highest BCUT2D eigenvalue weighted by atomic mass is 35.5. The molecule has 0 aliphatic rings. The van der Waals surface area contributed by atoms with E-state index in [2.05, 4.69) is 6.58 Å². The SMILES string of the molecule is C=CCc1cc(C(=O)N(C)[C@H](C)c2ccc(Cl)cc2)cc(OC)c1OC. The molecule has 2 rings (SSSR count). The van der Waals surface area contributed by atoms with Gasteiger partial charge in [-0.15, -0.1) is 6.58 Å². The van der Waals surface area contributed by atoms with Crippen molar-refractivity contribution >= 4 is 17.5 Å². The molecule has 1 atom stereocenters. The van der Waals surface area contributed by atoms with E-state index in [0.717, 1.165) is 11.1 Å². The first-order chi connectivity index (χ1) is 12.4. The van der Waals surface area contributed by atoms with Gasteiger partial charge in [-0.1, -0.05) is 29.8 Å². The molecule has 0 spiro atoms. The van der Waals surface area contributed by atoms with E-state index in [1.807, 2.05) is 37.3 Å². The maximum atomic E-state index is 13.0. The molecule has 0 aliphatic heterocycles. The van der Waals surface area contributed by atoms with Crippen molar-refractivity contribution in [2.24, 2.45) is 0 Å². The molecular weight excluding hydrogens is 350 g/mol. The summed E-state index contributed by atoms with van der Waals surface area (Å²) in [5.74, 6) is 1.05. The highest BCUT2D eigenvalue weighted by molar-refractivity contribution is 6.30. The molecule has 138 valence electrons. The summed E-state index contributed by atoms with van der Waals surface area (Å²) in [7, 11) is 4.93. The van der Waals surface area contributed by atoms with Gasteiger partial charge >= 0.3 is 0 Å². The molecule has 0 aliphatic carbocycles. The second kappa shape index (κ2) is 8.77. The van der Waals surface area contributed by atoms with Gasteiger partial charge in [-0.25, -0.2) is 0 Å². The molecule has 2 aromatic rings. The van der Waals surface area contributed by atoms with Gasteiger partial charge in [0.15, 0.2) is 11.5 Å². The minimum absolute atomic E-state index is 0.0984. The van der Waals surface area contributed by atoms with Crippen LogP contribution in [0.3, 0.4) is 0 Å². The van der Waals surface area contributed by atoms with E-state index < -0.39 is 0 Å². The number of carbonyl (C=O) groups excluding carboxylic acids is 1. The minimum atomic E-state index is -0.101. The van der Waals surface area contributed by atoms with Gasteiger partial charge in [-0.05, 0) is 43.2 Å². The first-order valence-electron chi connectivity index (χ1n) is 8.31. The number of halogens is 1. The number of carbonyl (C=O) groups is 1.